The molecular formula is C11H18F3NO3. The fourth-order valence-electron chi connectivity index (χ4n) is 1.97. The van der Waals surface area contributed by atoms with Crippen LogP contribution in [0, 0.1) is 0 Å². The summed E-state index contributed by atoms with van der Waals surface area (Å²) >= 11 is 0. The number of alkyl halides is 3. The van der Waals surface area contributed by atoms with Crippen molar-refractivity contribution in [1.29, 1.82) is 0 Å². The fourth-order valence-corrected chi connectivity index (χ4v) is 1.97. The molecule has 1 aliphatic heterocycles. The van der Waals surface area contributed by atoms with Gasteiger partial charge in [0.2, 0.25) is 0 Å². The molecule has 0 saturated carbocycles. The summed E-state index contributed by atoms with van der Waals surface area (Å²) in [7, 11) is 0. The van der Waals surface area contributed by atoms with Crippen molar-refractivity contribution in [2.45, 2.75) is 32.0 Å². The van der Waals surface area contributed by atoms with Gasteiger partial charge in [-0.3, -0.25) is 9.69 Å². The van der Waals surface area contributed by atoms with Gasteiger partial charge in [-0.25, -0.2) is 0 Å². The predicted molar refractivity (Wildman–Crippen MR) is 58.1 cm³/mol. The maximum Gasteiger partial charge on any atom is 0.411 e. The number of halogens is 3. The Morgan fingerprint density at radius 3 is 2.78 bits per heavy atom. The molecule has 7 heteroatoms. The Balaban J connectivity index is 2.26. The topological polar surface area (TPSA) is 38.8 Å². The van der Waals surface area contributed by atoms with E-state index < -0.39 is 12.8 Å². The van der Waals surface area contributed by atoms with Crippen LogP contribution in [0.1, 0.15) is 19.8 Å². The monoisotopic (exact) mass is 269 g/mol. The van der Waals surface area contributed by atoms with Crippen molar-refractivity contribution in [2.24, 2.45) is 0 Å². The van der Waals surface area contributed by atoms with Gasteiger partial charge in [0.05, 0.1) is 13.2 Å². The molecular weight excluding hydrogens is 251 g/mol. The quantitative estimate of drug-likeness (QED) is 0.542. The molecule has 1 rings (SSSR count). The molecule has 0 radical (unpaired) electrons. The lowest BCUT2D eigenvalue weighted by Gasteiger charge is -2.22. The summed E-state index contributed by atoms with van der Waals surface area (Å²) in [5, 5.41) is 0. The highest BCUT2D eigenvalue weighted by molar-refractivity contribution is 5.76. The van der Waals surface area contributed by atoms with E-state index in [-0.39, 0.29) is 18.6 Å². The third-order valence-corrected chi connectivity index (χ3v) is 2.71. The third kappa shape index (κ3) is 5.22. The first-order valence-corrected chi connectivity index (χ1v) is 5.99. The Morgan fingerprint density at radius 2 is 2.17 bits per heavy atom. The first kappa shape index (κ1) is 15.2. The van der Waals surface area contributed by atoms with Crippen molar-refractivity contribution >= 4 is 5.97 Å². The summed E-state index contributed by atoms with van der Waals surface area (Å²) in [6.07, 6.45) is -2.76. The van der Waals surface area contributed by atoms with Crippen LogP contribution in [0.4, 0.5) is 13.2 Å². The summed E-state index contributed by atoms with van der Waals surface area (Å²) < 4.78 is 45.0. The van der Waals surface area contributed by atoms with Crippen molar-refractivity contribution in [1.82, 2.24) is 4.90 Å². The summed E-state index contributed by atoms with van der Waals surface area (Å²) in [6, 6.07) is -0.334. The second-order valence-electron chi connectivity index (χ2n) is 4.11. The standard InChI is InChI=1S/C11H18F3NO3/c1-2-18-10(16)9-4-3-5-15(9)6-7-17-8-11(12,13)14/h9H,2-8H2,1H3. The van der Waals surface area contributed by atoms with Crippen LogP contribution in [0.2, 0.25) is 0 Å². The Hall–Kier alpha value is -0.820. The molecule has 1 saturated heterocycles. The SMILES string of the molecule is CCOC(=O)C1CCCN1CCOCC(F)(F)F. The molecule has 0 aliphatic carbocycles. The summed E-state index contributed by atoms with van der Waals surface area (Å²) in [5.41, 5.74) is 0. The Labute approximate surface area is 104 Å². The number of rotatable bonds is 6. The van der Waals surface area contributed by atoms with Crippen molar-refractivity contribution in [3.63, 3.8) is 0 Å². The van der Waals surface area contributed by atoms with Crippen molar-refractivity contribution in [3.8, 4) is 0 Å². The molecule has 0 aromatic rings. The van der Waals surface area contributed by atoms with E-state index in [4.69, 9.17) is 4.74 Å². The predicted octanol–water partition coefficient (Wildman–Crippen LogP) is 1.59. The van der Waals surface area contributed by atoms with E-state index >= 15 is 0 Å². The highest BCUT2D eigenvalue weighted by Crippen LogP contribution is 2.18. The average Bonchev–Trinajstić information content (AvgIpc) is 2.71. The van der Waals surface area contributed by atoms with Crippen LogP contribution < -0.4 is 0 Å². The van der Waals surface area contributed by atoms with Gasteiger partial charge in [0.25, 0.3) is 0 Å². The third-order valence-electron chi connectivity index (χ3n) is 2.71. The maximum absolute atomic E-state index is 11.8. The lowest BCUT2D eigenvalue weighted by molar-refractivity contribution is -0.175. The van der Waals surface area contributed by atoms with E-state index in [1.807, 2.05) is 4.90 Å². The summed E-state index contributed by atoms with van der Waals surface area (Å²) in [6.45, 7) is 1.77. The number of ether oxygens (including phenoxy) is 2. The van der Waals surface area contributed by atoms with Crippen LogP contribution >= 0.6 is 0 Å². The first-order chi connectivity index (χ1) is 8.44. The molecule has 1 atom stereocenters. The molecule has 0 amide bonds. The highest BCUT2D eigenvalue weighted by Gasteiger charge is 2.32. The fraction of sp³-hybridized carbons (Fsp3) is 0.909. The van der Waals surface area contributed by atoms with Gasteiger partial charge >= 0.3 is 12.1 Å². The van der Waals surface area contributed by atoms with Crippen LogP contribution in [0.5, 0.6) is 0 Å². The molecule has 0 N–H and O–H groups in total. The number of carbonyl (C=O) groups excluding carboxylic acids is 1. The molecule has 0 bridgehead atoms. The first-order valence-electron chi connectivity index (χ1n) is 5.99. The van der Waals surface area contributed by atoms with Crippen LogP contribution in [-0.4, -0.2) is 56.0 Å². The summed E-state index contributed by atoms with van der Waals surface area (Å²) in [5.74, 6) is -0.300. The van der Waals surface area contributed by atoms with Gasteiger partial charge in [0.15, 0.2) is 0 Å². The Morgan fingerprint density at radius 1 is 1.44 bits per heavy atom. The second kappa shape index (κ2) is 6.94. The maximum atomic E-state index is 11.8. The average molecular weight is 269 g/mol. The molecule has 1 aliphatic rings. The van der Waals surface area contributed by atoms with Crippen LogP contribution in [0.3, 0.4) is 0 Å². The molecule has 0 aromatic carbocycles. The largest absolute Gasteiger partial charge is 0.465 e. The molecule has 1 heterocycles. The van der Waals surface area contributed by atoms with Gasteiger partial charge in [0, 0.05) is 6.54 Å². The molecule has 1 fully saturated rings. The Bertz CT molecular complexity index is 271. The van der Waals surface area contributed by atoms with Gasteiger partial charge in [-0.2, -0.15) is 13.2 Å². The zero-order valence-corrected chi connectivity index (χ0v) is 10.3. The van der Waals surface area contributed by atoms with Crippen molar-refractivity contribution in [3.05, 3.63) is 0 Å². The minimum absolute atomic E-state index is 0.0323. The molecule has 106 valence electrons. The van der Waals surface area contributed by atoms with Gasteiger partial charge < -0.3 is 9.47 Å². The van der Waals surface area contributed by atoms with Gasteiger partial charge in [0.1, 0.15) is 12.6 Å². The van der Waals surface area contributed by atoms with Crippen LogP contribution in [-0.2, 0) is 14.3 Å². The molecule has 1 unspecified atom stereocenters. The minimum Gasteiger partial charge on any atom is -0.465 e. The highest BCUT2D eigenvalue weighted by atomic mass is 19.4. The zero-order valence-electron chi connectivity index (χ0n) is 10.3. The number of hydrogen-bond acceptors (Lipinski definition) is 4. The van der Waals surface area contributed by atoms with Crippen LogP contribution in [0.15, 0.2) is 0 Å². The lowest BCUT2D eigenvalue weighted by Crippen LogP contribution is -2.39. The number of likely N-dealkylation sites (tertiary alicyclic amines) is 1. The van der Waals surface area contributed by atoms with Crippen molar-refractivity contribution in [2.75, 3.05) is 32.9 Å². The number of nitrogens with zero attached hydrogens (tertiary/aromatic N) is 1. The lowest BCUT2D eigenvalue weighted by atomic mass is 10.2. The molecule has 18 heavy (non-hydrogen) atoms. The second-order valence-corrected chi connectivity index (χ2v) is 4.11. The van der Waals surface area contributed by atoms with Gasteiger partial charge in [-0.15, -0.1) is 0 Å². The molecule has 0 spiro atoms. The van der Waals surface area contributed by atoms with E-state index in [2.05, 4.69) is 4.74 Å². The summed E-state index contributed by atoms with van der Waals surface area (Å²) in [4.78, 5) is 13.4. The van der Waals surface area contributed by atoms with E-state index in [9.17, 15) is 18.0 Å². The Kier molecular flexibility index (Phi) is 5.87. The normalized spacial score (nSPS) is 21.2. The van der Waals surface area contributed by atoms with Gasteiger partial charge in [-0.1, -0.05) is 0 Å². The molecule has 4 nitrogen and oxygen atoms in total. The van der Waals surface area contributed by atoms with Gasteiger partial charge in [-0.05, 0) is 26.3 Å². The molecule has 0 aromatic heterocycles. The van der Waals surface area contributed by atoms with E-state index in [0.717, 1.165) is 6.42 Å². The van der Waals surface area contributed by atoms with Crippen molar-refractivity contribution < 1.29 is 27.4 Å². The van der Waals surface area contributed by atoms with E-state index in [1.54, 1.807) is 6.92 Å². The zero-order chi connectivity index (χ0) is 13.6. The number of carbonyl (C=O) groups is 1. The van der Waals surface area contributed by atoms with E-state index in [0.29, 0.717) is 26.1 Å². The number of hydrogen-bond donors (Lipinski definition) is 0. The number of esters is 1. The minimum atomic E-state index is -4.30. The smallest absolute Gasteiger partial charge is 0.411 e. The van der Waals surface area contributed by atoms with Crippen LogP contribution in [0.25, 0.3) is 0 Å². The van der Waals surface area contributed by atoms with E-state index in [1.165, 1.54) is 0 Å².